The third kappa shape index (κ3) is 3.22. The molecule has 0 saturated heterocycles. The summed E-state index contributed by atoms with van der Waals surface area (Å²) in [4.78, 5) is 34.8. The van der Waals surface area contributed by atoms with Crippen molar-refractivity contribution in [3.05, 3.63) is 30.0 Å². The Morgan fingerprint density at radius 3 is 2.59 bits per heavy atom. The number of benzene rings is 1. The summed E-state index contributed by atoms with van der Waals surface area (Å²) in [6.45, 7) is 3.36. The number of nitrogens with zero attached hydrogens (tertiary/aromatic N) is 1. The molecule has 116 valence electrons. The molecule has 2 rings (SSSR count). The lowest BCUT2D eigenvalue weighted by atomic mass is 10.1. The zero-order chi connectivity index (χ0) is 16.3. The standard InChI is InChI=1S/C14H16N4O4/c1-7(2)11(12(19)16-14(15)21)22-13(20)10-8-5-3-4-6-9(8)17-18-10/h3-7,11H,1-2H3,(H,17,18)(H3,15,16,19,21)/t11-/m0/s1. The highest BCUT2D eigenvalue weighted by Crippen LogP contribution is 2.18. The second-order valence-corrected chi connectivity index (χ2v) is 5.04. The number of esters is 1. The number of hydrogen-bond acceptors (Lipinski definition) is 5. The van der Waals surface area contributed by atoms with E-state index in [1.807, 2.05) is 5.32 Å². The van der Waals surface area contributed by atoms with E-state index in [9.17, 15) is 14.4 Å². The smallest absolute Gasteiger partial charge is 0.360 e. The van der Waals surface area contributed by atoms with Gasteiger partial charge in [-0.2, -0.15) is 5.10 Å². The van der Waals surface area contributed by atoms with Gasteiger partial charge in [0.15, 0.2) is 11.8 Å². The molecule has 0 aliphatic carbocycles. The second kappa shape index (κ2) is 6.25. The predicted octanol–water partition coefficient (Wildman–Crippen LogP) is 0.939. The van der Waals surface area contributed by atoms with E-state index in [4.69, 9.17) is 10.5 Å². The van der Waals surface area contributed by atoms with Crippen LogP contribution in [0, 0.1) is 5.92 Å². The van der Waals surface area contributed by atoms with Crippen molar-refractivity contribution in [1.82, 2.24) is 15.5 Å². The van der Waals surface area contributed by atoms with E-state index in [0.717, 1.165) is 0 Å². The molecule has 4 N–H and O–H groups in total. The quantitative estimate of drug-likeness (QED) is 0.724. The van der Waals surface area contributed by atoms with Gasteiger partial charge in [0.05, 0.1) is 5.52 Å². The minimum atomic E-state index is -1.14. The van der Waals surface area contributed by atoms with E-state index in [1.165, 1.54) is 0 Å². The van der Waals surface area contributed by atoms with Gasteiger partial charge in [0.1, 0.15) is 0 Å². The van der Waals surface area contributed by atoms with Gasteiger partial charge in [0.25, 0.3) is 5.91 Å². The number of hydrogen-bond donors (Lipinski definition) is 3. The highest BCUT2D eigenvalue weighted by atomic mass is 16.5. The van der Waals surface area contributed by atoms with Gasteiger partial charge < -0.3 is 10.5 Å². The van der Waals surface area contributed by atoms with Crippen molar-refractivity contribution in [2.24, 2.45) is 11.7 Å². The Hall–Kier alpha value is -2.90. The van der Waals surface area contributed by atoms with Crippen LogP contribution in [0.5, 0.6) is 0 Å². The molecule has 2 aromatic rings. The van der Waals surface area contributed by atoms with E-state index >= 15 is 0 Å². The van der Waals surface area contributed by atoms with Crippen LogP contribution >= 0.6 is 0 Å². The molecule has 1 aromatic heterocycles. The number of H-pyrrole nitrogens is 1. The summed E-state index contributed by atoms with van der Waals surface area (Å²) in [6, 6.07) is 6.03. The van der Waals surface area contributed by atoms with Crippen LogP contribution in [0.1, 0.15) is 24.3 Å². The SMILES string of the molecule is CC(C)[C@H](OC(=O)c1n[nH]c2ccccc12)C(=O)NC(N)=O. The number of primary amides is 1. The Bertz CT molecular complexity index is 722. The number of aromatic nitrogens is 2. The fourth-order valence-corrected chi connectivity index (χ4v) is 1.98. The molecule has 22 heavy (non-hydrogen) atoms. The summed E-state index contributed by atoms with van der Waals surface area (Å²) < 4.78 is 5.19. The van der Waals surface area contributed by atoms with Gasteiger partial charge >= 0.3 is 12.0 Å². The average molecular weight is 304 g/mol. The molecular formula is C14H16N4O4. The molecule has 1 atom stereocenters. The molecule has 0 radical (unpaired) electrons. The highest BCUT2D eigenvalue weighted by Gasteiger charge is 2.29. The van der Waals surface area contributed by atoms with E-state index < -0.39 is 24.0 Å². The topological polar surface area (TPSA) is 127 Å². The number of para-hydroxylation sites is 1. The number of aromatic amines is 1. The van der Waals surface area contributed by atoms with Crippen molar-refractivity contribution in [2.75, 3.05) is 0 Å². The third-order valence-corrected chi connectivity index (χ3v) is 3.01. The second-order valence-electron chi connectivity index (χ2n) is 5.04. The van der Waals surface area contributed by atoms with E-state index in [-0.39, 0.29) is 11.6 Å². The molecule has 0 fully saturated rings. The van der Waals surface area contributed by atoms with Crippen molar-refractivity contribution < 1.29 is 19.1 Å². The number of fused-ring (bicyclic) bond motifs is 1. The van der Waals surface area contributed by atoms with Crippen molar-refractivity contribution in [3.63, 3.8) is 0 Å². The Balaban J connectivity index is 2.21. The maximum Gasteiger partial charge on any atom is 0.360 e. The maximum absolute atomic E-state index is 12.2. The van der Waals surface area contributed by atoms with Crippen LogP contribution in [-0.2, 0) is 9.53 Å². The molecule has 0 saturated carbocycles. The molecule has 0 spiro atoms. The summed E-state index contributed by atoms with van der Waals surface area (Å²) in [5.74, 6) is -1.86. The normalized spacial score (nSPS) is 12.1. The lowest BCUT2D eigenvalue weighted by Gasteiger charge is -2.19. The van der Waals surface area contributed by atoms with Crippen molar-refractivity contribution in [3.8, 4) is 0 Å². The first kappa shape index (κ1) is 15.5. The fourth-order valence-electron chi connectivity index (χ4n) is 1.98. The molecule has 0 unspecified atom stereocenters. The molecule has 8 heteroatoms. The number of nitrogens with one attached hydrogen (secondary N) is 2. The van der Waals surface area contributed by atoms with Crippen molar-refractivity contribution in [1.29, 1.82) is 0 Å². The van der Waals surface area contributed by atoms with E-state index in [2.05, 4.69) is 10.2 Å². The van der Waals surface area contributed by atoms with Gasteiger partial charge in [-0.15, -0.1) is 0 Å². The predicted molar refractivity (Wildman–Crippen MR) is 77.9 cm³/mol. The zero-order valence-electron chi connectivity index (χ0n) is 12.1. The number of urea groups is 1. The Kier molecular flexibility index (Phi) is 4.40. The molecule has 1 heterocycles. The Morgan fingerprint density at radius 2 is 1.95 bits per heavy atom. The van der Waals surface area contributed by atoms with Gasteiger partial charge in [0, 0.05) is 5.39 Å². The number of imide groups is 1. The van der Waals surface area contributed by atoms with Crippen molar-refractivity contribution in [2.45, 2.75) is 20.0 Å². The lowest BCUT2D eigenvalue weighted by Crippen LogP contribution is -2.45. The van der Waals surface area contributed by atoms with E-state index in [0.29, 0.717) is 10.9 Å². The zero-order valence-corrected chi connectivity index (χ0v) is 12.1. The number of rotatable bonds is 4. The number of amides is 3. The van der Waals surface area contributed by atoms with Crippen LogP contribution in [-0.4, -0.2) is 34.2 Å². The molecule has 0 aliphatic heterocycles. The largest absolute Gasteiger partial charge is 0.447 e. The molecule has 0 bridgehead atoms. The molecule has 8 nitrogen and oxygen atoms in total. The average Bonchev–Trinajstić information content (AvgIpc) is 2.87. The van der Waals surface area contributed by atoms with Gasteiger partial charge in [-0.1, -0.05) is 32.0 Å². The minimum Gasteiger partial charge on any atom is -0.447 e. The monoisotopic (exact) mass is 304 g/mol. The molecule has 0 aliphatic rings. The van der Waals surface area contributed by atoms with Crippen LogP contribution in [0.3, 0.4) is 0 Å². The summed E-state index contributed by atoms with van der Waals surface area (Å²) in [7, 11) is 0. The molecule has 1 aromatic carbocycles. The number of ether oxygens (including phenoxy) is 1. The number of nitrogens with two attached hydrogens (primary N) is 1. The van der Waals surface area contributed by atoms with Crippen LogP contribution in [0.2, 0.25) is 0 Å². The summed E-state index contributed by atoms with van der Waals surface area (Å²) in [6.07, 6.45) is -1.14. The minimum absolute atomic E-state index is 0.0770. The molecule has 3 amide bonds. The first-order valence-corrected chi connectivity index (χ1v) is 6.64. The van der Waals surface area contributed by atoms with Gasteiger partial charge in [-0.3, -0.25) is 15.2 Å². The number of carbonyl (C=O) groups is 3. The van der Waals surface area contributed by atoms with Gasteiger partial charge in [0.2, 0.25) is 0 Å². The first-order chi connectivity index (χ1) is 10.4. The maximum atomic E-state index is 12.2. The van der Waals surface area contributed by atoms with Crippen LogP contribution in [0.15, 0.2) is 24.3 Å². The highest BCUT2D eigenvalue weighted by molar-refractivity contribution is 6.03. The third-order valence-electron chi connectivity index (χ3n) is 3.01. The summed E-state index contributed by atoms with van der Waals surface area (Å²) >= 11 is 0. The Labute approximate surface area is 126 Å². The fraction of sp³-hybridized carbons (Fsp3) is 0.286. The van der Waals surface area contributed by atoms with Crippen LogP contribution in [0.4, 0.5) is 4.79 Å². The first-order valence-electron chi connectivity index (χ1n) is 6.64. The summed E-state index contributed by atoms with van der Waals surface area (Å²) in [5, 5.41) is 9.11. The lowest BCUT2D eigenvalue weighted by molar-refractivity contribution is -0.130. The summed E-state index contributed by atoms with van der Waals surface area (Å²) in [5.41, 5.74) is 5.66. The number of carbonyl (C=O) groups excluding carboxylic acids is 3. The van der Waals surface area contributed by atoms with Gasteiger partial charge in [-0.05, 0) is 12.0 Å². The van der Waals surface area contributed by atoms with E-state index in [1.54, 1.807) is 38.1 Å². The van der Waals surface area contributed by atoms with Crippen LogP contribution in [0.25, 0.3) is 10.9 Å². The van der Waals surface area contributed by atoms with Crippen molar-refractivity contribution >= 4 is 28.8 Å². The molecular weight excluding hydrogens is 288 g/mol. The van der Waals surface area contributed by atoms with Gasteiger partial charge in [-0.25, -0.2) is 9.59 Å². The van der Waals surface area contributed by atoms with Crippen LogP contribution < -0.4 is 11.1 Å². The Morgan fingerprint density at radius 1 is 1.27 bits per heavy atom.